The summed E-state index contributed by atoms with van der Waals surface area (Å²) in [6, 6.07) is 4.86. The lowest BCUT2D eigenvalue weighted by Crippen LogP contribution is -2.01. The molecular formula is C10H6ClNO2. The summed E-state index contributed by atoms with van der Waals surface area (Å²) in [5.41, 5.74) is 1.01. The molecule has 4 heteroatoms. The van der Waals surface area contributed by atoms with Gasteiger partial charge in [-0.3, -0.25) is 9.59 Å². The van der Waals surface area contributed by atoms with Crippen molar-refractivity contribution in [3.63, 3.8) is 0 Å². The van der Waals surface area contributed by atoms with Crippen LogP contribution in [0.4, 0.5) is 0 Å². The lowest BCUT2D eigenvalue weighted by Gasteiger charge is -2.03. The highest BCUT2D eigenvalue weighted by Gasteiger charge is 2.14. The lowest BCUT2D eigenvalue weighted by atomic mass is 10.0. The molecule has 0 aliphatic heterocycles. The van der Waals surface area contributed by atoms with E-state index >= 15 is 0 Å². The van der Waals surface area contributed by atoms with Gasteiger partial charge < -0.3 is 0 Å². The van der Waals surface area contributed by atoms with Gasteiger partial charge in [-0.1, -0.05) is 0 Å². The highest BCUT2D eigenvalue weighted by molar-refractivity contribution is 6.68. The Morgan fingerprint density at radius 3 is 2.64 bits per heavy atom. The van der Waals surface area contributed by atoms with Crippen LogP contribution in [0.3, 0.4) is 0 Å². The van der Waals surface area contributed by atoms with E-state index in [0.29, 0.717) is 6.29 Å². The van der Waals surface area contributed by atoms with Crippen molar-refractivity contribution in [1.29, 1.82) is 5.26 Å². The largest absolute Gasteiger partial charge is 0.298 e. The van der Waals surface area contributed by atoms with E-state index in [1.54, 1.807) is 6.92 Å². The number of aryl methyl sites for hydroxylation is 1. The van der Waals surface area contributed by atoms with E-state index in [4.69, 9.17) is 16.9 Å². The molecule has 1 rings (SSSR count). The van der Waals surface area contributed by atoms with E-state index in [9.17, 15) is 9.59 Å². The summed E-state index contributed by atoms with van der Waals surface area (Å²) in [4.78, 5) is 21.6. The van der Waals surface area contributed by atoms with Crippen LogP contribution in [0.1, 0.15) is 31.8 Å². The fourth-order valence-electron chi connectivity index (χ4n) is 1.21. The summed E-state index contributed by atoms with van der Waals surface area (Å²) >= 11 is 5.27. The number of carbonyl (C=O) groups is 2. The molecule has 0 aromatic heterocycles. The monoisotopic (exact) mass is 207 g/mol. The second-order valence-electron chi connectivity index (χ2n) is 2.78. The zero-order valence-electron chi connectivity index (χ0n) is 7.37. The SMILES string of the molecule is Cc1cc(C#N)c(C(=O)Cl)c(C=O)c1. The van der Waals surface area contributed by atoms with Crippen molar-refractivity contribution in [2.75, 3.05) is 0 Å². The number of hydrogen-bond acceptors (Lipinski definition) is 3. The van der Waals surface area contributed by atoms with Crippen molar-refractivity contribution in [3.05, 3.63) is 34.4 Å². The lowest BCUT2D eigenvalue weighted by molar-refractivity contribution is 0.106. The molecule has 0 unspecified atom stereocenters. The van der Waals surface area contributed by atoms with Gasteiger partial charge in [-0.15, -0.1) is 0 Å². The fourth-order valence-corrected chi connectivity index (χ4v) is 1.43. The van der Waals surface area contributed by atoms with Gasteiger partial charge in [0.15, 0.2) is 6.29 Å². The van der Waals surface area contributed by atoms with E-state index < -0.39 is 5.24 Å². The highest BCUT2D eigenvalue weighted by atomic mass is 35.5. The van der Waals surface area contributed by atoms with Crippen LogP contribution in [0.5, 0.6) is 0 Å². The van der Waals surface area contributed by atoms with Crippen LogP contribution < -0.4 is 0 Å². The maximum Gasteiger partial charge on any atom is 0.254 e. The average Bonchev–Trinajstić information content (AvgIpc) is 2.15. The minimum absolute atomic E-state index is 0.0187. The molecule has 1 aromatic carbocycles. The molecule has 0 saturated heterocycles. The van der Waals surface area contributed by atoms with Crippen LogP contribution in [-0.4, -0.2) is 11.5 Å². The Morgan fingerprint density at radius 1 is 1.57 bits per heavy atom. The first-order chi connectivity index (χ1) is 6.60. The van der Waals surface area contributed by atoms with Crippen LogP contribution >= 0.6 is 11.6 Å². The molecule has 0 spiro atoms. The highest BCUT2D eigenvalue weighted by Crippen LogP contribution is 2.17. The number of benzene rings is 1. The molecule has 0 atom stereocenters. The third-order valence-electron chi connectivity index (χ3n) is 1.76. The summed E-state index contributed by atoms with van der Waals surface area (Å²) in [5, 5.41) is 7.95. The van der Waals surface area contributed by atoms with Gasteiger partial charge in [0.2, 0.25) is 0 Å². The molecular weight excluding hydrogens is 202 g/mol. The van der Waals surface area contributed by atoms with Gasteiger partial charge in [-0.05, 0) is 36.2 Å². The number of nitrogens with zero attached hydrogens (tertiary/aromatic N) is 1. The summed E-state index contributed by atoms with van der Waals surface area (Å²) in [6.07, 6.45) is 0.517. The van der Waals surface area contributed by atoms with E-state index in [2.05, 4.69) is 0 Å². The first-order valence-corrected chi connectivity index (χ1v) is 4.17. The van der Waals surface area contributed by atoms with E-state index in [0.717, 1.165) is 5.56 Å². The van der Waals surface area contributed by atoms with Crippen molar-refractivity contribution in [2.45, 2.75) is 6.92 Å². The Hall–Kier alpha value is -1.66. The van der Waals surface area contributed by atoms with Crippen molar-refractivity contribution >= 4 is 23.1 Å². The van der Waals surface area contributed by atoms with Crippen LogP contribution in [0.25, 0.3) is 0 Å². The van der Waals surface area contributed by atoms with Crippen LogP contribution in [0.15, 0.2) is 12.1 Å². The van der Waals surface area contributed by atoms with E-state index in [-0.39, 0.29) is 16.7 Å². The standard InChI is InChI=1S/C10H6ClNO2/c1-6-2-7(4-12)9(10(11)14)8(3-6)5-13/h2-3,5H,1H3. The molecule has 0 heterocycles. The Kier molecular flexibility index (Phi) is 3.00. The van der Waals surface area contributed by atoms with Gasteiger partial charge in [0.1, 0.15) is 0 Å². The van der Waals surface area contributed by atoms with Gasteiger partial charge >= 0.3 is 0 Å². The first-order valence-electron chi connectivity index (χ1n) is 3.80. The molecule has 0 N–H and O–H groups in total. The molecule has 14 heavy (non-hydrogen) atoms. The molecule has 0 aliphatic rings. The number of rotatable bonds is 2. The molecule has 1 aromatic rings. The van der Waals surface area contributed by atoms with Crippen LogP contribution in [0, 0.1) is 18.3 Å². The topological polar surface area (TPSA) is 57.9 Å². The summed E-state index contributed by atoms with van der Waals surface area (Å²) in [5.74, 6) is 0. The number of aldehydes is 1. The molecule has 70 valence electrons. The molecule has 0 fully saturated rings. The van der Waals surface area contributed by atoms with E-state index in [1.807, 2.05) is 6.07 Å². The normalized spacial score (nSPS) is 9.21. The predicted molar refractivity (Wildman–Crippen MR) is 51.5 cm³/mol. The smallest absolute Gasteiger partial charge is 0.254 e. The third-order valence-corrected chi connectivity index (χ3v) is 1.95. The van der Waals surface area contributed by atoms with Crippen LogP contribution in [-0.2, 0) is 0 Å². The maximum atomic E-state index is 11.0. The molecule has 0 aliphatic carbocycles. The Bertz CT molecular complexity index is 446. The molecule has 3 nitrogen and oxygen atoms in total. The predicted octanol–water partition coefficient (Wildman–Crippen LogP) is 2.06. The number of nitriles is 1. The van der Waals surface area contributed by atoms with Crippen molar-refractivity contribution < 1.29 is 9.59 Å². The van der Waals surface area contributed by atoms with Gasteiger partial charge in [-0.25, -0.2) is 0 Å². The van der Waals surface area contributed by atoms with E-state index in [1.165, 1.54) is 12.1 Å². The minimum atomic E-state index is -0.788. The maximum absolute atomic E-state index is 11.0. The average molecular weight is 208 g/mol. The third kappa shape index (κ3) is 1.81. The Balaban J connectivity index is 3.58. The zero-order chi connectivity index (χ0) is 10.7. The Morgan fingerprint density at radius 2 is 2.21 bits per heavy atom. The molecule has 0 saturated carbocycles. The zero-order valence-corrected chi connectivity index (χ0v) is 8.13. The quantitative estimate of drug-likeness (QED) is 0.551. The van der Waals surface area contributed by atoms with Crippen molar-refractivity contribution in [1.82, 2.24) is 0 Å². The fraction of sp³-hybridized carbons (Fsp3) is 0.100. The second kappa shape index (κ2) is 4.03. The second-order valence-corrected chi connectivity index (χ2v) is 3.12. The van der Waals surface area contributed by atoms with Gasteiger partial charge in [-0.2, -0.15) is 5.26 Å². The van der Waals surface area contributed by atoms with Gasteiger partial charge in [0.05, 0.1) is 17.2 Å². The molecule has 0 bridgehead atoms. The number of halogens is 1. The Labute approximate surface area is 85.9 Å². The van der Waals surface area contributed by atoms with Crippen LogP contribution in [0.2, 0.25) is 0 Å². The summed E-state index contributed by atoms with van der Waals surface area (Å²) < 4.78 is 0. The van der Waals surface area contributed by atoms with Crippen molar-refractivity contribution in [2.24, 2.45) is 0 Å². The summed E-state index contributed by atoms with van der Waals surface area (Å²) in [6.45, 7) is 1.73. The van der Waals surface area contributed by atoms with Crippen molar-refractivity contribution in [3.8, 4) is 6.07 Å². The van der Waals surface area contributed by atoms with Gasteiger partial charge in [0, 0.05) is 5.56 Å². The summed E-state index contributed by atoms with van der Waals surface area (Å²) in [7, 11) is 0. The number of hydrogen-bond donors (Lipinski definition) is 0. The number of carbonyl (C=O) groups excluding carboxylic acids is 2. The molecule has 0 amide bonds. The molecule has 0 radical (unpaired) electrons. The van der Waals surface area contributed by atoms with Gasteiger partial charge in [0.25, 0.3) is 5.24 Å². The first kappa shape index (κ1) is 10.4. The minimum Gasteiger partial charge on any atom is -0.298 e.